The molecular weight excluding hydrogens is 561 g/mol. The Kier molecular flexibility index (Phi) is 8.49. The van der Waals surface area contributed by atoms with E-state index in [0.29, 0.717) is 11.1 Å². The fourth-order valence-corrected chi connectivity index (χ4v) is 6.84. The molecule has 2 N–H and O–H groups in total. The number of fused-ring (bicyclic) bond motifs is 3. The van der Waals surface area contributed by atoms with Crippen LogP contribution in [0.3, 0.4) is 0 Å². The van der Waals surface area contributed by atoms with Gasteiger partial charge in [-0.3, -0.25) is 4.57 Å². The second-order valence-electron chi connectivity index (χ2n) is 8.55. The second-order valence-corrected chi connectivity index (χ2v) is 12.5. The van der Waals surface area contributed by atoms with E-state index in [1.54, 1.807) is 24.3 Å². The first-order valence-corrected chi connectivity index (χ1v) is 14.1. The SMILES string of the molecule is COP(=O)(OC)C(Br)c1ccc(CC(NC(=O)OCC2c3ccccc3-c3ccccc32)C(=O)O)cc1. The van der Waals surface area contributed by atoms with Crippen LogP contribution in [-0.4, -0.2) is 44.0 Å². The molecular formula is C27H27BrNO7P. The fraction of sp³-hybridized carbons (Fsp3) is 0.259. The maximum Gasteiger partial charge on any atom is 0.407 e. The van der Waals surface area contributed by atoms with E-state index < -0.39 is 30.3 Å². The van der Waals surface area contributed by atoms with Gasteiger partial charge >= 0.3 is 19.7 Å². The molecule has 2 unspecified atom stereocenters. The number of aliphatic carboxylic acids is 1. The molecule has 8 nitrogen and oxygen atoms in total. The van der Waals surface area contributed by atoms with Crippen LogP contribution in [0.2, 0.25) is 0 Å². The molecule has 0 bridgehead atoms. The summed E-state index contributed by atoms with van der Waals surface area (Å²) >= 11 is 3.34. The van der Waals surface area contributed by atoms with Gasteiger partial charge in [0.25, 0.3) is 0 Å². The molecule has 37 heavy (non-hydrogen) atoms. The number of nitrogens with one attached hydrogen (secondary N) is 1. The summed E-state index contributed by atoms with van der Waals surface area (Å²) < 4.78 is 27.4. The summed E-state index contributed by atoms with van der Waals surface area (Å²) in [5, 5.41) is 12.2. The van der Waals surface area contributed by atoms with Crippen LogP contribution in [0.25, 0.3) is 11.1 Å². The number of hydrogen-bond acceptors (Lipinski definition) is 6. The van der Waals surface area contributed by atoms with Crippen molar-refractivity contribution in [2.45, 2.75) is 22.9 Å². The number of carboxylic acid groups (broad SMARTS) is 1. The Hall–Kier alpha value is -2.97. The smallest absolute Gasteiger partial charge is 0.407 e. The Morgan fingerprint density at radius 3 is 2.00 bits per heavy atom. The van der Waals surface area contributed by atoms with Crippen LogP contribution in [-0.2, 0) is 29.6 Å². The van der Waals surface area contributed by atoms with Crippen molar-refractivity contribution in [1.82, 2.24) is 5.32 Å². The van der Waals surface area contributed by atoms with E-state index in [2.05, 4.69) is 21.2 Å². The summed E-state index contributed by atoms with van der Waals surface area (Å²) in [7, 11) is -0.770. The molecule has 0 aromatic heterocycles. The average molecular weight is 588 g/mol. The Morgan fingerprint density at radius 2 is 1.49 bits per heavy atom. The topological polar surface area (TPSA) is 111 Å². The average Bonchev–Trinajstić information content (AvgIpc) is 3.24. The van der Waals surface area contributed by atoms with Gasteiger partial charge < -0.3 is 24.2 Å². The van der Waals surface area contributed by atoms with Crippen LogP contribution >= 0.6 is 23.5 Å². The van der Waals surface area contributed by atoms with Crippen molar-refractivity contribution in [3.05, 3.63) is 95.1 Å². The van der Waals surface area contributed by atoms with Crippen molar-refractivity contribution in [2.24, 2.45) is 0 Å². The Labute approximate surface area is 223 Å². The van der Waals surface area contributed by atoms with Crippen LogP contribution in [0.5, 0.6) is 0 Å². The van der Waals surface area contributed by atoms with E-state index in [0.717, 1.165) is 22.3 Å². The predicted molar refractivity (Wildman–Crippen MR) is 143 cm³/mol. The number of benzene rings is 3. The zero-order valence-electron chi connectivity index (χ0n) is 20.3. The lowest BCUT2D eigenvalue weighted by Gasteiger charge is -2.20. The van der Waals surface area contributed by atoms with Gasteiger partial charge in [0, 0.05) is 26.6 Å². The number of carbonyl (C=O) groups excluding carboxylic acids is 1. The molecule has 2 atom stereocenters. The molecule has 0 spiro atoms. The maximum absolute atomic E-state index is 12.6. The van der Waals surface area contributed by atoms with Gasteiger partial charge in [-0.2, -0.15) is 0 Å². The molecule has 3 aromatic rings. The zero-order chi connectivity index (χ0) is 26.6. The van der Waals surface area contributed by atoms with Gasteiger partial charge in [0.15, 0.2) is 0 Å². The van der Waals surface area contributed by atoms with Gasteiger partial charge in [0.2, 0.25) is 0 Å². The monoisotopic (exact) mass is 587 g/mol. The highest BCUT2D eigenvalue weighted by Gasteiger charge is 2.33. The lowest BCUT2D eigenvalue weighted by molar-refractivity contribution is -0.139. The molecule has 4 rings (SSSR count). The summed E-state index contributed by atoms with van der Waals surface area (Å²) in [6, 6.07) is 21.6. The highest BCUT2D eigenvalue weighted by molar-refractivity contribution is 9.10. The molecule has 194 valence electrons. The molecule has 0 radical (unpaired) electrons. The van der Waals surface area contributed by atoms with Crippen LogP contribution < -0.4 is 5.32 Å². The molecule has 3 aromatic carbocycles. The lowest BCUT2D eigenvalue weighted by Crippen LogP contribution is -2.42. The van der Waals surface area contributed by atoms with Crippen molar-refractivity contribution in [2.75, 3.05) is 20.8 Å². The number of carbonyl (C=O) groups is 2. The number of rotatable bonds is 10. The van der Waals surface area contributed by atoms with Gasteiger partial charge in [-0.15, -0.1) is 0 Å². The number of alkyl carbamates (subject to hydrolysis) is 1. The van der Waals surface area contributed by atoms with Crippen molar-refractivity contribution >= 4 is 35.6 Å². The van der Waals surface area contributed by atoms with E-state index in [9.17, 15) is 19.3 Å². The van der Waals surface area contributed by atoms with Crippen LogP contribution in [0.15, 0.2) is 72.8 Å². The van der Waals surface area contributed by atoms with Crippen molar-refractivity contribution in [3.63, 3.8) is 0 Å². The standard InChI is InChI=1S/C27H27BrNO7P/c1-34-37(33,35-2)25(28)18-13-11-17(12-14-18)15-24(26(30)31)29-27(32)36-16-23-21-9-5-3-7-19(21)20-8-4-6-10-22(20)23/h3-14,23-25H,15-16H2,1-2H3,(H,29,32)(H,30,31). The number of hydrogen-bond donors (Lipinski definition) is 2. The molecule has 0 fully saturated rings. The first-order chi connectivity index (χ1) is 17.8. The summed E-state index contributed by atoms with van der Waals surface area (Å²) in [6.07, 6.45) is -0.758. The molecule has 0 aliphatic heterocycles. The summed E-state index contributed by atoms with van der Waals surface area (Å²) in [5.74, 6) is -1.31. The number of amides is 1. The van der Waals surface area contributed by atoms with Gasteiger partial charge in [0.1, 0.15) is 17.2 Å². The first kappa shape index (κ1) is 27.1. The highest BCUT2D eigenvalue weighted by Crippen LogP contribution is 2.62. The number of halogens is 1. The zero-order valence-corrected chi connectivity index (χ0v) is 22.8. The van der Waals surface area contributed by atoms with Gasteiger partial charge in [0.05, 0.1) is 0 Å². The van der Waals surface area contributed by atoms with Gasteiger partial charge in [-0.1, -0.05) is 88.7 Å². The lowest BCUT2D eigenvalue weighted by atomic mass is 9.98. The highest BCUT2D eigenvalue weighted by atomic mass is 79.9. The Balaban J connectivity index is 1.39. The number of carboxylic acids is 1. The molecule has 10 heteroatoms. The van der Waals surface area contributed by atoms with E-state index in [4.69, 9.17) is 13.8 Å². The van der Waals surface area contributed by atoms with Gasteiger partial charge in [-0.25, -0.2) is 9.59 Å². The largest absolute Gasteiger partial charge is 0.480 e. The number of alkyl halides is 1. The number of ether oxygens (including phenoxy) is 1. The minimum Gasteiger partial charge on any atom is -0.480 e. The summed E-state index contributed by atoms with van der Waals surface area (Å²) in [6.45, 7) is 0.0899. The Morgan fingerprint density at radius 1 is 0.946 bits per heavy atom. The summed E-state index contributed by atoms with van der Waals surface area (Å²) in [5.41, 5.74) is 5.67. The van der Waals surface area contributed by atoms with Crippen molar-refractivity contribution in [1.29, 1.82) is 0 Å². The first-order valence-electron chi connectivity index (χ1n) is 11.6. The fourth-order valence-electron chi connectivity index (χ4n) is 4.47. The normalized spacial score (nSPS) is 14.4. The minimum atomic E-state index is -3.38. The second kappa shape index (κ2) is 11.6. The van der Waals surface area contributed by atoms with Crippen molar-refractivity contribution < 1.29 is 33.0 Å². The van der Waals surface area contributed by atoms with Crippen LogP contribution in [0, 0.1) is 0 Å². The van der Waals surface area contributed by atoms with E-state index in [-0.39, 0.29) is 18.9 Å². The molecule has 0 heterocycles. The quantitative estimate of drug-likeness (QED) is 0.218. The van der Waals surface area contributed by atoms with E-state index in [1.807, 2.05) is 48.5 Å². The molecule has 1 aliphatic carbocycles. The third-order valence-electron chi connectivity index (χ3n) is 6.42. The third kappa shape index (κ3) is 5.80. The summed E-state index contributed by atoms with van der Waals surface area (Å²) in [4.78, 5) is 24.5. The molecule has 0 saturated carbocycles. The Bertz CT molecular complexity index is 1280. The third-order valence-corrected chi connectivity index (χ3v) is 10.3. The minimum absolute atomic E-state index is 0.0407. The molecule has 0 saturated heterocycles. The molecule has 1 aliphatic rings. The predicted octanol–water partition coefficient (Wildman–Crippen LogP) is 6.10. The maximum atomic E-state index is 12.6. The van der Waals surface area contributed by atoms with Gasteiger partial charge in [-0.05, 0) is 33.4 Å². The van der Waals surface area contributed by atoms with Crippen LogP contribution in [0.1, 0.15) is 32.7 Å². The van der Waals surface area contributed by atoms with E-state index >= 15 is 0 Å². The van der Waals surface area contributed by atoms with Crippen LogP contribution in [0.4, 0.5) is 4.79 Å². The molecule has 1 amide bonds. The van der Waals surface area contributed by atoms with Crippen molar-refractivity contribution in [3.8, 4) is 11.1 Å². The van der Waals surface area contributed by atoms with E-state index in [1.165, 1.54) is 14.2 Å².